The first kappa shape index (κ1) is 21.4. The Labute approximate surface area is 194 Å². The van der Waals surface area contributed by atoms with Crippen molar-refractivity contribution in [3.63, 3.8) is 0 Å². The average Bonchev–Trinajstić information content (AvgIpc) is 2.83. The number of hydrogen-bond acceptors (Lipinski definition) is 6. The van der Waals surface area contributed by atoms with Gasteiger partial charge in [-0.15, -0.1) is 0 Å². The molecule has 0 saturated carbocycles. The number of hydrogen-bond donors (Lipinski definition) is 1. The second kappa shape index (κ2) is 8.80. The van der Waals surface area contributed by atoms with Crippen molar-refractivity contribution in [3.8, 4) is 28.2 Å². The highest BCUT2D eigenvalue weighted by molar-refractivity contribution is 6.02. The van der Waals surface area contributed by atoms with E-state index >= 15 is 0 Å². The molecule has 0 spiro atoms. The van der Waals surface area contributed by atoms with E-state index in [1.54, 1.807) is 30.3 Å². The quantitative estimate of drug-likeness (QED) is 0.195. The van der Waals surface area contributed by atoms with Crippen molar-refractivity contribution in [2.45, 2.75) is 13.2 Å². The number of ether oxygens (including phenoxy) is 1. The molecule has 5 rings (SSSR count). The number of benzene rings is 4. The number of rotatable bonds is 6. The highest BCUT2D eigenvalue weighted by atomic mass is 16.6. The van der Waals surface area contributed by atoms with Gasteiger partial charge in [0, 0.05) is 40.8 Å². The summed E-state index contributed by atoms with van der Waals surface area (Å²) >= 11 is 0. The van der Waals surface area contributed by atoms with Crippen molar-refractivity contribution < 1.29 is 19.2 Å². The lowest BCUT2D eigenvalue weighted by molar-refractivity contribution is -0.384. The van der Waals surface area contributed by atoms with Gasteiger partial charge in [-0.3, -0.25) is 14.9 Å². The third kappa shape index (κ3) is 4.12. The van der Waals surface area contributed by atoms with Crippen molar-refractivity contribution in [1.82, 2.24) is 0 Å². The van der Waals surface area contributed by atoms with Gasteiger partial charge in [-0.2, -0.15) is 0 Å². The molecule has 1 N–H and O–H groups in total. The van der Waals surface area contributed by atoms with Crippen LogP contribution in [0, 0.1) is 10.1 Å². The van der Waals surface area contributed by atoms with Crippen LogP contribution in [0.15, 0.2) is 94.1 Å². The predicted molar refractivity (Wildman–Crippen MR) is 128 cm³/mol. The Morgan fingerprint density at radius 1 is 0.882 bits per heavy atom. The summed E-state index contributed by atoms with van der Waals surface area (Å²) in [5.74, 6) is 0.502. The molecule has 0 unspecified atom stereocenters. The fraction of sp³-hybridized carbons (Fsp3) is 0.0741. The highest BCUT2D eigenvalue weighted by Gasteiger charge is 2.19. The molecule has 34 heavy (non-hydrogen) atoms. The second-order valence-electron chi connectivity index (χ2n) is 7.89. The Kier molecular flexibility index (Phi) is 5.53. The first-order valence-corrected chi connectivity index (χ1v) is 10.6. The number of nitro benzene ring substituents is 1. The Bertz CT molecular complexity index is 1540. The monoisotopic (exact) mass is 453 g/mol. The molecule has 0 amide bonds. The van der Waals surface area contributed by atoms with E-state index in [-0.39, 0.29) is 16.9 Å². The summed E-state index contributed by atoms with van der Waals surface area (Å²) in [5.41, 5.74) is 4.67. The zero-order valence-corrected chi connectivity index (χ0v) is 17.9. The van der Waals surface area contributed by atoms with Crippen molar-refractivity contribution in [2.75, 3.05) is 0 Å². The molecule has 0 fully saturated rings. The van der Waals surface area contributed by atoms with Crippen LogP contribution in [0.1, 0.15) is 11.1 Å². The molecule has 3 aromatic rings. The number of phenolic OH excluding ortho intramolecular Hbond substituents is 1. The summed E-state index contributed by atoms with van der Waals surface area (Å²) in [7, 11) is 0. The number of non-ortho nitro benzene ring substituents is 1. The van der Waals surface area contributed by atoms with Gasteiger partial charge in [-0.25, -0.2) is 0 Å². The second-order valence-corrected chi connectivity index (χ2v) is 7.89. The zero-order chi connectivity index (χ0) is 23.7. The van der Waals surface area contributed by atoms with Crippen molar-refractivity contribution >= 4 is 16.7 Å². The fourth-order valence-electron chi connectivity index (χ4n) is 4.03. The van der Waals surface area contributed by atoms with Crippen LogP contribution in [0.3, 0.4) is 0 Å². The summed E-state index contributed by atoms with van der Waals surface area (Å²) in [6.45, 7) is 0.602. The minimum Gasteiger partial charge on any atom is -0.508 e. The molecule has 7 heteroatoms. The number of nitro groups is 1. The van der Waals surface area contributed by atoms with Gasteiger partial charge in [-0.1, -0.05) is 24.3 Å². The van der Waals surface area contributed by atoms with E-state index in [0.717, 1.165) is 33.2 Å². The average molecular weight is 453 g/mol. The Hall–Kier alpha value is -4.49. The lowest BCUT2D eigenvalue weighted by Gasteiger charge is -2.18. The van der Waals surface area contributed by atoms with E-state index in [0.29, 0.717) is 24.6 Å². The van der Waals surface area contributed by atoms with E-state index in [9.17, 15) is 20.0 Å². The third-order valence-corrected chi connectivity index (χ3v) is 5.64. The summed E-state index contributed by atoms with van der Waals surface area (Å²) in [6.07, 6.45) is 0. The van der Waals surface area contributed by atoms with Crippen molar-refractivity contribution in [1.29, 1.82) is 0 Å². The third-order valence-electron chi connectivity index (χ3n) is 5.64. The van der Waals surface area contributed by atoms with Crippen LogP contribution >= 0.6 is 0 Å². The van der Waals surface area contributed by atoms with Gasteiger partial charge in [0.1, 0.15) is 17.1 Å². The van der Waals surface area contributed by atoms with Crippen LogP contribution in [0.25, 0.3) is 33.4 Å². The normalized spacial score (nSPS) is 11.2. The van der Waals surface area contributed by atoms with E-state index in [2.05, 4.69) is 0 Å². The molecule has 1 aliphatic carbocycles. The van der Waals surface area contributed by atoms with E-state index in [1.165, 1.54) is 30.3 Å². The molecule has 7 nitrogen and oxygen atoms in total. The molecule has 168 valence electrons. The summed E-state index contributed by atoms with van der Waals surface area (Å²) in [4.78, 5) is 22.4. The van der Waals surface area contributed by atoms with E-state index in [1.807, 2.05) is 24.3 Å². The van der Waals surface area contributed by atoms with Crippen LogP contribution in [-0.4, -0.2) is 10.0 Å². The van der Waals surface area contributed by atoms with E-state index < -0.39 is 4.92 Å². The predicted octanol–water partition coefficient (Wildman–Crippen LogP) is 5.90. The molecule has 2 aliphatic rings. The maximum atomic E-state index is 12.0. The standard InChI is InChI=1S/C27H19NO6/c29-20-9-11-23-25(13-20)34-26-14-21(30)10-12-24(26)27(23)22-4-2-1-3-18(22)16-33-15-17-5-7-19(8-6-17)28(31)32/h1-14,29H,15-16H2. The SMILES string of the molecule is O=c1ccc2c(-c3ccccc3COCc3ccc([N+](=O)[O-])cc3)c3ccc(O)cc3oc-2c1. The van der Waals surface area contributed by atoms with Gasteiger partial charge in [0.05, 0.1) is 18.1 Å². The highest BCUT2D eigenvalue weighted by Crippen LogP contribution is 2.41. The molecule has 1 heterocycles. The van der Waals surface area contributed by atoms with Crippen molar-refractivity contribution in [3.05, 3.63) is 116 Å². The molecular formula is C27H19NO6. The lowest BCUT2D eigenvalue weighted by atomic mass is 9.91. The molecule has 0 saturated heterocycles. The maximum Gasteiger partial charge on any atom is 0.269 e. The molecule has 3 aromatic carbocycles. The lowest BCUT2D eigenvalue weighted by Crippen LogP contribution is -2.01. The van der Waals surface area contributed by atoms with E-state index in [4.69, 9.17) is 9.15 Å². The topological polar surface area (TPSA) is 103 Å². The van der Waals surface area contributed by atoms with Crippen LogP contribution in [0.2, 0.25) is 0 Å². The van der Waals surface area contributed by atoms with Crippen molar-refractivity contribution in [2.24, 2.45) is 0 Å². The van der Waals surface area contributed by atoms with Crippen LogP contribution in [0.4, 0.5) is 5.69 Å². The minimum absolute atomic E-state index is 0.0367. The Morgan fingerprint density at radius 3 is 2.47 bits per heavy atom. The maximum absolute atomic E-state index is 12.0. The molecule has 1 aliphatic heterocycles. The molecule has 0 atom stereocenters. The Morgan fingerprint density at radius 2 is 1.68 bits per heavy atom. The zero-order valence-electron chi connectivity index (χ0n) is 17.9. The Balaban J connectivity index is 1.53. The van der Waals surface area contributed by atoms with Gasteiger partial charge in [0.2, 0.25) is 0 Å². The number of nitrogens with zero attached hydrogens (tertiary/aromatic N) is 1. The van der Waals surface area contributed by atoms with Gasteiger partial charge in [-0.05, 0) is 53.1 Å². The van der Waals surface area contributed by atoms with Gasteiger partial charge >= 0.3 is 0 Å². The summed E-state index contributed by atoms with van der Waals surface area (Å²) in [6, 6.07) is 23.7. The first-order chi connectivity index (χ1) is 16.5. The fourth-order valence-corrected chi connectivity index (χ4v) is 4.03. The van der Waals surface area contributed by atoms with Gasteiger partial charge in [0.15, 0.2) is 5.43 Å². The van der Waals surface area contributed by atoms with Gasteiger partial charge in [0.25, 0.3) is 5.69 Å². The molecular weight excluding hydrogens is 434 g/mol. The van der Waals surface area contributed by atoms with Crippen LogP contribution in [0.5, 0.6) is 5.75 Å². The number of fused-ring (bicyclic) bond motifs is 2. The smallest absolute Gasteiger partial charge is 0.269 e. The molecule has 0 radical (unpaired) electrons. The largest absolute Gasteiger partial charge is 0.508 e. The first-order valence-electron chi connectivity index (χ1n) is 10.6. The van der Waals surface area contributed by atoms with Crippen LogP contribution < -0.4 is 5.43 Å². The van der Waals surface area contributed by atoms with Crippen LogP contribution in [-0.2, 0) is 18.0 Å². The molecule has 0 bridgehead atoms. The number of phenols is 1. The summed E-state index contributed by atoms with van der Waals surface area (Å²) in [5, 5.41) is 21.6. The summed E-state index contributed by atoms with van der Waals surface area (Å²) < 4.78 is 11.9. The molecule has 0 aromatic heterocycles. The van der Waals surface area contributed by atoms with Gasteiger partial charge < -0.3 is 14.3 Å². The minimum atomic E-state index is -0.433. The number of aromatic hydroxyl groups is 1.